The fourth-order valence-corrected chi connectivity index (χ4v) is 4.47. The van der Waals surface area contributed by atoms with E-state index in [1.54, 1.807) is 6.92 Å². The molecule has 0 aliphatic carbocycles. The molecular formula is C22H20N2O7S. The number of hydrogen-bond donors (Lipinski definition) is 2. The number of anilines is 1. The molecule has 0 spiro atoms. The van der Waals surface area contributed by atoms with E-state index >= 15 is 0 Å². The minimum absolute atomic E-state index is 0.0314. The Morgan fingerprint density at radius 1 is 1.06 bits per heavy atom. The predicted molar refractivity (Wildman–Crippen MR) is 117 cm³/mol. The Hall–Kier alpha value is -3.92. The third kappa shape index (κ3) is 4.26. The van der Waals surface area contributed by atoms with Crippen molar-refractivity contribution in [3.8, 4) is 11.5 Å². The van der Waals surface area contributed by atoms with Crippen molar-refractivity contribution in [2.75, 3.05) is 12.4 Å². The summed E-state index contributed by atoms with van der Waals surface area (Å²) in [6.45, 7) is 3.14. The quantitative estimate of drug-likeness (QED) is 0.325. The second-order valence-corrected chi connectivity index (χ2v) is 8.88. The monoisotopic (exact) mass is 456 g/mol. The third-order valence-electron chi connectivity index (χ3n) is 5.06. The molecule has 0 fully saturated rings. The van der Waals surface area contributed by atoms with Crippen molar-refractivity contribution in [2.24, 2.45) is 0 Å². The average molecular weight is 456 g/mol. The van der Waals surface area contributed by atoms with Crippen molar-refractivity contribution in [2.45, 2.75) is 23.6 Å². The van der Waals surface area contributed by atoms with Gasteiger partial charge in [0.2, 0.25) is 9.84 Å². The minimum Gasteiger partial charge on any atom is -0.506 e. The Bertz CT molecular complexity index is 1320. The number of ether oxygens (including phenoxy) is 1. The van der Waals surface area contributed by atoms with Gasteiger partial charge < -0.3 is 15.2 Å². The number of nitrogens with zero attached hydrogens (tertiary/aromatic N) is 1. The van der Waals surface area contributed by atoms with Gasteiger partial charge in [-0.3, -0.25) is 14.9 Å². The van der Waals surface area contributed by atoms with E-state index in [4.69, 9.17) is 4.74 Å². The Balaban J connectivity index is 2.04. The molecule has 0 saturated carbocycles. The summed E-state index contributed by atoms with van der Waals surface area (Å²) in [6, 6.07) is 12.0. The van der Waals surface area contributed by atoms with Crippen LogP contribution in [0.25, 0.3) is 0 Å². The molecule has 0 aromatic heterocycles. The highest BCUT2D eigenvalue weighted by Crippen LogP contribution is 2.37. The number of carbonyl (C=O) groups is 1. The van der Waals surface area contributed by atoms with Crippen LogP contribution in [0, 0.1) is 24.0 Å². The van der Waals surface area contributed by atoms with Gasteiger partial charge in [0.15, 0.2) is 0 Å². The lowest BCUT2D eigenvalue weighted by Gasteiger charge is -2.16. The highest BCUT2D eigenvalue weighted by molar-refractivity contribution is 7.91. The van der Waals surface area contributed by atoms with E-state index < -0.39 is 26.4 Å². The van der Waals surface area contributed by atoms with E-state index in [1.807, 2.05) is 0 Å². The fourth-order valence-electron chi connectivity index (χ4n) is 3.04. The van der Waals surface area contributed by atoms with Gasteiger partial charge in [-0.2, -0.15) is 0 Å². The number of nitro benzene ring substituents is 1. The van der Waals surface area contributed by atoms with Crippen LogP contribution in [-0.4, -0.2) is 31.5 Å². The molecular weight excluding hydrogens is 436 g/mol. The first kappa shape index (κ1) is 22.8. The number of nitrogens with one attached hydrogen (secondary N) is 1. The largest absolute Gasteiger partial charge is 0.506 e. The maximum absolute atomic E-state index is 13.2. The van der Waals surface area contributed by atoms with Gasteiger partial charge in [-0.05, 0) is 61.4 Å². The summed E-state index contributed by atoms with van der Waals surface area (Å²) in [7, 11) is -2.67. The molecule has 10 heteroatoms. The van der Waals surface area contributed by atoms with Gasteiger partial charge in [0.05, 0.1) is 16.9 Å². The highest BCUT2D eigenvalue weighted by Gasteiger charge is 2.26. The average Bonchev–Trinajstić information content (AvgIpc) is 2.79. The zero-order chi connectivity index (χ0) is 23.6. The summed E-state index contributed by atoms with van der Waals surface area (Å²) in [5, 5.41) is 24.1. The van der Waals surface area contributed by atoms with Crippen LogP contribution >= 0.6 is 0 Å². The van der Waals surface area contributed by atoms with Crippen molar-refractivity contribution in [3.05, 3.63) is 81.4 Å². The van der Waals surface area contributed by atoms with Crippen molar-refractivity contribution in [3.63, 3.8) is 0 Å². The molecule has 0 aliphatic rings. The van der Waals surface area contributed by atoms with Crippen LogP contribution in [0.15, 0.2) is 64.4 Å². The number of nitro groups is 1. The molecule has 0 aliphatic heterocycles. The SMILES string of the molecule is COc1ccc(S(=O)(=O)c2cc(NC(=O)c3cccc([N+](=O)[O-])c3)c(C)c(C)c2O)cc1. The zero-order valence-electron chi connectivity index (χ0n) is 17.4. The number of hydrogen-bond acceptors (Lipinski definition) is 7. The summed E-state index contributed by atoms with van der Waals surface area (Å²) >= 11 is 0. The van der Waals surface area contributed by atoms with Crippen LogP contribution in [0.5, 0.6) is 11.5 Å². The predicted octanol–water partition coefficient (Wildman–Crippen LogP) is 4.01. The molecule has 9 nitrogen and oxygen atoms in total. The molecule has 166 valence electrons. The Morgan fingerprint density at radius 3 is 2.31 bits per heavy atom. The second-order valence-electron chi connectivity index (χ2n) is 6.96. The fraction of sp³-hybridized carbons (Fsp3) is 0.136. The van der Waals surface area contributed by atoms with Crippen molar-refractivity contribution >= 4 is 27.1 Å². The molecule has 0 saturated heterocycles. The highest BCUT2D eigenvalue weighted by atomic mass is 32.2. The van der Waals surface area contributed by atoms with Crippen LogP contribution < -0.4 is 10.1 Å². The first-order chi connectivity index (χ1) is 15.1. The molecule has 0 atom stereocenters. The van der Waals surface area contributed by atoms with E-state index in [9.17, 15) is 28.4 Å². The smallest absolute Gasteiger partial charge is 0.270 e. The van der Waals surface area contributed by atoms with E-state index in [-0.39, 0.29) is 32.3 Å². The molecule has 2 N–H and O–H groups in total. The van der Waals surface area contributed by atoms with Crippen molar-refractivity contribution in [1.82, 2.24) is 0 Å². The number of phenolic OH excluding ortho intramolecular Hbond substituents is 1. The Labute approximate surface area is 184 Å². The molecule has 3 rings (SSSR count). The normalized spacial score (nSPS) is 11.1. The van der Waals surface area contributed by atoms with Crippen LogP contribution in [0.1, 0.15) is 21.5 Å². The summed E-state index contributed by atoms with van der Waals surface area (Å²) < 4.78 is 31.4. The lowest BCUT2D eigenvalue weighted by molar-refractivity contribution is -0.384. The molecule has 1 amide bonds. The number of methoxy groups -OCH3 is 1. The molecule has 32 heavy (non-hydrogen) atoms. The number of amides is 1. The summed E-state index contributed by atoms with van der Waals surface area (Å²) in [6.07, 6.45) is 0. The Kier molecular flexibility index (Phi) is 6.17. The van der Waals surface area contributed by atoms with Gasteiger partial charge in [-0.25, -0.2) is 8.42 Å². The van der Waals surface area contributed by atoms with Gasteiger partial charge in [-0.15, -0.1) is 0 Å². The Morgan fingerprint density at radius 2 is 1.72 bits per heavy atom. The standard InChI is InChI=1S/C22H20N2O7S/c1-13-14(2)21(25)20(32(29,30)18-9-7-17(31-3)8-10-18)12-19(13)23-22(26)15-5-4-6-16(11-15)24(27)28/h4-12,25H,1-3H3,(H,23,26). The van der Waals surface area contributed by atoms with E-state index in [2.05, 4.69) is 5.32 Å². The molecule has 0 radical (unpaired) electrons. The van der Waals surface area contributed by atoms with Crippen molar-refractivity contribution in [1.29, 1.82) is 0 Å². The molecule has 3 aromatic carbocycles. The first-order valence-corrected chi connectivity index (χ1v) is 10.8. The van der Waals surface area contributed by atoms with E-state index in [0.29, 0.717) is 11.3 Å². The topological polar surface area (TPSA) is 136 Å². The minimum atomic E-state index is -4.12. The van der Waals surface area contributed by atoms with Gasteiger partial charge in [-0.1, -0.05) is 6.07 Å². The third-order valence-corrected chi connectivity index (χ3v) is 6.84. The van der Waals surface area contributed by atoms with Crippen LogP contribution in [0.4, 0.5) is 11.4 Å². The van der Waals surface area contributed by atoms with Gasteiger partial charge in [0.25, 0.3) is 11.6 Å². The van der Waals surface area contributed by atoms with Crippen LogP contribution in [0.2, 0.25) is 0 Å². The van der Waals surface area contributed by atoms with Crippen molar-refractivity contribution < 1.29 is 28.0 Å². The number of non-ortho nitro benzene ring substituents is 1. The first-order valence-electron chi connectivity index (χ1n) is 9.34. The molecule has 0 unspecified atom stereocenters. The van der Waals surface area contributed by atoms with E-state index in [1.165, 1.54) is 62.6 Å². The number of benzene rings is 3. The zero-order valence-corrected chi connectivity index (χ0v) is 18.3. The number of rotatable bonds is 6. The summed E-state index contributed by atoms with van der Waals surface area (Å²) in [5.41, 5.74) is 0.663. The van der Waals surface area contributed by atoms with Crippen LogP contribution in [-0.2, 0) is 9.84 Å². The number of sulfone groups is 1. The number of phenols is 1. The number of aromatic hydroxyl groups is 1. The summed E-state index contributed by atoms with van der Waals surface area (Å²) in [4.78, 5) is 22.6. The number of carbonyl (C=O) groups excluding carboxylic acids is 1. The van der Waals surface area contributed by atoms with Gasteiger partial charge in [0, 0.05) is 23.4 Å². The van der Waals surface area contributed by atoms with Crippen LogP contribution in [0.3, 0.4) is 0 Å². The molecule has 0 bridgehead atoms. The lowest BCUT2D eigenvalue weighted by Crippen LogP contribution is -2.14. The van der Waals surface area contributed by atoms with Gasteiger partial charge in [0.1, 0.15) is 16.4 Å². The van der Waals surface area contributed by atoms with Gasteiger partial charge >= 0.3 is 0 Å². The maximum atomic E-state index is 13.2. The molecule has 3 aromatic rings. The lowest BCUT2D eigenvalue weighted by atomic mass is 10.1. The maximum Gasteiger partial charge on any atom is 0.270 e. The second kappa shape index (κ2) is 8.67. The molecule has 0 heterocycles. The van der Waals surface area contributed by atoms with E-state index in [0.717, 1.165) is 6.07 Å². The summed E-state index contributed by atoms with van der Waals surface area (Å²) in [5.74, 6) is -0.612.